The molecule has 0 aliphatic heterocycles. The van der Waals surface area contributed by atoms with Gasteiger partial charge < -0.3 is 5.11 Å². The molecule has 1 aromatic heterocycles. The molecule has 0 amide bonds. The zero-order valence-electron chi connectivity index (χ0n) is 12.4. The molecule has 106 valence electrons. The summed E-state index contributed by atoms with van der Waals surface area (Å²) in [6.45, 7) is 8.04. The summed E-state index contributed by atoms with van der Waals surface area (Å²) in [6.07, 6.45) is 4.40. The highest BCUT2D eigenvalue weighted by Crippen LogP contribution is 2.28. The number of aliphatic hydroxyl groups excluding tert-OH is 1. The van der Waals surface area contributed by atoms with Gasteiger partial charge in [0, 0.05) is 0 Å². The maximum atomic E-state index is 10.6. The molecule has 1 atom stereocenters. The Morgan fingerprint density at radius 2 is 2.10 bits per heavy atom. The molecule has 1 N–H and O–H groups in total. The van der Waals surface area contributed by atoms with Gasteiger partial charge in [-0.25, -0.2) is 9.67 Å². The van der Waals surface area contributed by atoms with E-state index in [-0.39, 0.29) is 5.41 Å². The third kappa shape index (κ3) is 3.33. The van der Waals surface area contributed by atoms with Crippen molar-refractivity contribution in [2.24, 2.45) is 5.41 Å². The Morgan fingerprint density at radius 3 is 2.65 bits per heavy atom. The molecular weight excluding hydrogens is 250 g/mol. The molecule has 2 rings (SSSR count). The molecule has 0 aliphatic carbocycles. The fourth-order valence-corrected chi connectivity index (χ4v) is 1.99. The maximum Gasteiger partial charge on any atom is 0.138 e. The van der Waals surface area contributed by atoms with E-state index in [0.29, 0.717) is 0 Å². The van der Waals surface area contributed by atoms with Crippen LogP contribution in [0.4, 0.5) is 0 Å². The van der Waals surface area contributed by atoms with Gasteiger partial charge in [0.2, 0.25) is 0 Å². The van der Waals surface area contributed by atoms with Gasteiger partial charge in [0.25, 0.3) is 0 Å². The van der Waals surface area contributed by atoms with Crippen LogP contribution in [0.25, 0.3) is 11.8 Å². The molecule has 1 aromatic carbocycles. The Morgan fingerprint density at radius 1 is 1.35 bits per heavy atom. The Bertz CT molecular complexity index is 594. The minimum absolute atomic E-state index is 0.276. The third-order valence-corrected chi connectivity index (χ3v) is 3.14. The van der Waals surface area contributed by atoms with Crippen LogP contribution < -0.4 is 0 Å². The first-order valence-electron chi connectivity index (χ1n) is 6.69. The summed E-state index contributed by atoms with van der Waals surface area (Å²) in [4.78, 5) is 3.97. The number of rotatable bonds is 3. The van der Waals surface area contributed by atoms with Crippen molar-refractivity contribution in [3.8, 4) is 0 Å². The van der Waals surface area contributed by atoms with E-state index < -0.39 is 6.10 Å². The predicted molar refractivity (Wildman–Crippen MR) is 80.8 cm³/mol. The molecule has 2 aromatic rings. The lowest BCUT2D eigenvalue weighted by atomic mass is 9.86. The van der Waals surface area contributed by atoms with Crippen molar-refractivity contribution in [1.82, 2.24) is 14.8 Å². The van der Waals surface area contributed by atoms with Gasteiger partial charge in [0.15, 0.2) is 0 Å². The van der Waals surface area contributed by atoms with Gasteiger partial charge in [-0.3, -0.25) is 0 Å². The van der Waals surface area contributed by atoms with Crippen LogP contribution >= 0.6 is 0 Å². The van der Waals surface area contributed by atoms with Crippen LogP contribution in [0, 0.1) is 12.3 Å². The molecule has 4 heteroatoms. The van der Waals surface area contributed by atoms with Gasteiger partial charge in [-0.15, -0.1) is 0 Å². The fourth-order valence-electron chi connectivity index (χ4n) is 1.99. The summed E-state index contributed by atoms with van der Waals surface area (Å²) in [6, 6.07) is 8.14. The molecular formula is C16H21N3O. The van der Waals surface area contributed by atoms with Crippen molar-refractivity contribution in [3.63, 3.8) is 0 Å². The fraction of sp³-hybridized carbons (Fsp3) is 0.375. The average Bonchev–Trinajstić information content (AvgIpc) is 2.87. The van der Waals surface area contributed by atoms with Crippen LogP contribution in [0.3, 0.4) is 0 Å². The first-order valence-corrected chi connectivity index (χ1v) is 6.69. The highest BCUT2D eigenvalue weighted by atomic mass is 16.3. The summed E-state index contributed by atoms with van der Waals surface area (Å²) >= 11 is 0. The van der Waals surface area contributed by atoms with Crippen molar-refractivity contribution < 1.29 is 5.11 Å². The van der Waals surface area contributed by atoms with E-state index >= 15 is 0 Å². The number of hydrogen-bond acceptors (Lipinski definition) is 3. The topological polar surface area (TPSA) is 50.9 Å². The smallest absolute Gasteiger partial charge is 0.138 e. The van der Waals surface area contributed by atoms with E-state index in [1.165, 1.54) is 11.9 Å². The van der Waals surface area contributed by atoms with Crippen molar-refractivity contribution in [3.05, 3.63) is 48.0 Å². The highest BCUT2D eigenvalue weighted by Gasteiger charge is 2.27. The zero-order valence-corrected chi connectivity index (χ0v) is 12.4. The number of aromatic nitrogens is 3. The summed E-state index contributed by atoms with van der Waals surface area (Å²) < 4.78 is 1.62. The molecule has 1 unspecified atom stereocenters. The second-order valence-electron chi connectivity index (χ2n) is 6.09. The summed E-state index contributed by atoms with van der Waals surface area (Å²) in [5.41, 5.74) is 2.67. The van der Waals surface area contributed by atoms with Gasteiger partial charge >= 0.3 is 0 Å². The van der Waals surface area contributed by atoms with E-state index in [4.69, 9.17) is 0 Å². The zero-order chi connectivity index (χ0) is 14.8. The molecule has 20 heavy (non-hydrogen) atoms. The van der Waals surface area contributed by atoms with E-state index in [2.05, 4.69) is 16.1 Å². The molecule has 0 radical (unpaired) electrons. The number of aryl methyl sites for hydroxylation is 1. The van der Waals surface area contributed by atoms with Gasteiger partial charge in [-0.1, -0.05) is 50.6 Å². The lowest BCUT2D eigenvalue weighted by Gasteiger charge is -2.28. The lowest BCUT2D eigenvalue weighted by molar-refractivity contribution is 0.109. The maximum absolute atomic E-state index is 10.6. The van der Waals surface area contributed by atoms with Crippen molar-refractivity contribution >= 4 is 11.8 Å². The number of nitrogens with zero attached hydrogens (tertiary/aromatic N) is 3. The number of hydrogen-bond donors (Lipinski definition) is 1. The van der Waals surface area contributed by atoms with Crippen LogP contribution in [0.5, 0.6) is 0 Å². The Kier molecular flexibility index (Phi) is 4.04. The molecule has 0 saturated carbocycles. The van der Waals surface area contributed by atoms with Crippen LogP contribution in [0.1, 0.15) is 31.9 Å². The van der Waals surface area contributed by atoms with Gasteiger partial charge in [-0.2, -0.15) is 5.10 Å². The van der Waals surface area contributed by atoms with Gasteiger partial charge in [0.1, 0.15) is 18.8 Å². The summed E-state index contributed by atoms with van der Waals surface area (Å²) in [7, 11) is 0. The minimum Gasteiger partial charge on any atom is -0.386 e. The van der Waals surface area contributed by atoms with Gasteiger partial charge in [0.05, 0.1) is 5.70 Å². The highest BCUT2D eigenvalue weighted by molar-refractivity contribution is 5.73. The second kappa shape index (κ2) is 5.59. The van der Waals surface area contributed by atoms with E-state index in [1.807, 2.05) is 52.0 Å². The molecule has 0 aliphatic rings. The van der Waals surface area contributed by atoms with Crippen LogP contribution in [-0.2, 0) is 0 Å². The van der Waals surface area contributed by atoms with Crippen molar-refractivity contribution in [2.45, 2.75) is 33.8 Å². The molecule has 0 bridgehead atoms. The quantitative estimate of drug-likeness (QED) is 0.933. The summed E-state index contributed by atoms with van der Waals surface area (Å²) in [5.74, 6) is 0. The molecule has 0 saturated heterocycles. The normalized spacial score (nSPS) is 14.3. The van der Waals surface area contributed by atoms with Crippen molar-refractivity contribution in [2.75, 3.05) is 0 Å². The van der Waals surface area contributed by atoms with Crippen LogP contribution in [-0.4, -0.2) is 26.0 Å². The second-order valence-corrected chi connectivity index (χ2v) is 6.09. The number of aliphatic hydroxyl groups is 1. The summed E-state index contributed by atoms with van der Waals surface area (Å²) in [5, 5.41) is 14.7. The average molecular weight is 271 g/mol. The number of benzene rings is 1. The SMILES string of the molecule is Cc1cccc(/C=C(\C(O)C(C)(C)C)n2cncn2)c1. The molecule has 0 fully saturated rings. The minimum atomic E-state index is -0.635. The molecule has 0 spiro atoms. The third-order valence-electron chi connectivity index (χ3n) is 3.14. The molecule has 4 nitrogen and oxygen atoms in total. The van der Waals surface area contributed by atoms with Gasteiger partial charge in [-0.05, 0) is 24.0 Å². The standard InChI is InChI=1S/C16H21N3O/c1-12-6-5-7-13(8-12)9-14(15(20)16(2,3)4)19-11-17-10-18-19/h5-11,15,20H,1-4H3/b14-9+. The Hall–Kier alpha value is -1.94. The van der Waals surface area contributed by atoms with E-state index in [9.17, 15) is 5.11 Å². The first-order chi connectivity index (χ1) is 9.38. The Labute approximate surface area is 119 Å². The van der Waals surface area contributed by atoms with Crippen LogP contribution in [0.2, 0.25) is 0 Å². The lowest BCUT2D eigenvalue weighted by Crippen LogP contribution is -2.29. The van der Waals surface area contributed by atoms with E-state index in [1.54, 1.807) is 11.0 Å². The largest absolute Gasteiger partial charge is 0.386 e. The van der Waals surface area contributed by atoms with Crippen molar-refractivity contribution in [1.29, 1.82) is 0 Å². The monoisotopic (exact) mass is 271 g/mol. The Balaban J connectivity index is 2.47. The first kappa shape index (κ1) is 14.5. The predicted octanol–water partition coefficient (Wildman–Crippen LogP) is 2.99. The molecule has 1 heterocycles. The van der Waals surface area contributed by atoms with E-state index in [0.717, 1.165) is 11.3 Å². The van der Waals surface area contributed by atoms with Crippen LogP contribution in [0.15, 0.2) is 36.9 Å².